The van der Waals surface area contributed by atoms with Gasteiger partial charge in [0.25, 0.3) is 0 Å². The summed E-state index contributed by atoms with van der Waals surface area (Å²) in [5.41, 5.74) is 6.09. The number of pyridine rings is 1. The minimum Gasteiger partial charge on any atom is -0.379 e. The van der Waals surface area contributed by atoms with Gasteiger partial charge in [-0.2, -0.15) is 5.10 Å². The number of hydrogen-bond acceptors (Lipinski definition) is 5. The Kier molecular flexibility index (Phi) is 21.0. The second-order valence-corrected chi connectivity index (χ2v) is 5.43. The van der Waals surface area contributed by atoms with Gasteiger partial charge in [-0.3, -0.25) is 4.98 Å². The van der Waals surface area contributed by atoms with E-state index in [0.29, 0.717) is 12.6 Å². The highest BCUT2D eigenvalue weighted by Crippen LogP contribution is 2.04. The lowest BCUT2D eigenvalue weighted by molar-refractivity contribution is 0.0707. The molecule has 0 aromatic carbocycles. The molecule has 0 saturated carbocycles. The van der Waals surface area contributed by atoms with E-state index < -0.39 is 0 Å². The molecule has 156 valence electrons. The van der Waals surface area contributed by atoms with E-state index in [1.54, 1.807) is 6.20 Å². The van der Waals surface area contributed by atoms with Crippen LogP contribution >= 0.6 is 0 Å². The van der Waals surface area contributed by atoms with E-state index in [1.165, 1.54) is 0 Å². The van der Waals surface area contributed by atoms with E-state index in [-0.39, 0.29) is 0 Å². The van der Waals surface area contributed by atoms with Crippen molar-refractivity contribution in [3.05, 3.63) is 41.7 Å². The van der Waals surface area contributed by atoms with Gasteiger partial charge in [0.2, 0.25) is 0 Å². The molecule has 1 heterocycles. The number of hydrazone groups is 1. The van der Waals surface area contributed by atoms with E-state index >= 15 is 0 Å². The third-order valence-electron chi connectivity index (χ3n) is 3.46. The van der Waals surface area contributed by atoms with Gasteiger partial charge in [-0.1, -0.05) is 39.8 Å². The van der Waals surface area contributed by atoms with Gasteiger partial charge >= 0.3 is 0 Å². The fraction of sp³-hybridized carbons (Fsp3) is 0.636. The zero-order chi connectivity index (χ0) is 20.9. The molecule has 5 nitrogen and oxygen atoms in total. The quantitative estimate of drug-likeness (QED) is 0.253. The maximum Gasteiger partial charge on any atom is 0.0662 e. The summed E-state index contributed by atoms with van der Waals surface area (Å²) in [6.07, 6.45) is 7.34. The molecule has 5 heteroatoms. The van der Waals surface area contributed by atoms with Crippen molar-refractivity contribution >= 4 is 5.71 Å². The summed E-state index contributed by atoms with van der Waals surface area (Å²) >= 11 is 0. The highest BCUT2D eigenvalue weighted by Gasteiger charge is 2.01. The lowest BCUT2D eigenvalue weighted by Gasteiger charge is -2.10. The predicted octanol–water partition coefficient (Wildman–Crippen LogP) is 4.72. The van der Waals surface area contributed by atoms with E-state index in [2.05, 4.69) is 39.9 Å². The van der Waals surface area contributed by atoms with Gasteiger partial charge in [-0.05, 0) is 52.8 Å². The number of nitrogens with zero attached hydrogens (tertiary/aromatic N) is 2. The van der Waals surface area contributed by atoms with Crippen LogP contribution in [0.25, 0.3) is 0 Å². The molecule has 1 aromatic rings. The number of aryl methyl sites for hydroxylation is 1. The first-order valence-corrected chi connectivity index (χ1v) is 10.3. The van der Waals surface area contributed by atoms with Crippen LogP contribution in [-0.4, -0.2) is 43.0 Å². The first kappa shape index (κ1) is 27.5. The van der Waals surface area contributed by atoms with Gasteiger partial charge in [0.1, 0.15) is 0 Å². The SMILES string of the molecule is CC.CC.CCOC(C)CCNC/C=C\CN/N=C(\C)c1cccnc1C. The van der Waals surface area contributed by atoms with Crippen molar-refractivity contribution in [3.8, 4) is 0 Å². The monoisotopic (exact) mass is 378 g/mol. The van der Waals surface area contributed by atoms with Crippen LogP contribution in [0, 0.1) is 6.92 Å². The molecule has 0 fully saturated rings. The molecular weight excluding hydrogens is 336 g/mol. The highest BCUT2D eigenvalue weighted by molar-refractivity contribution is 5.99. The van der Waals surface area contributed by atoms with Gasteiger partial charge in [0.15, 0.2) is 0 Å². The van der Waals surface area contributed by atoms with E-state index in [0.717, 1.165) is 43.1 Å². The average Bonchev–Trinajstić information content (AvgIpc) is 2.70. The first-order chi connectivity index (χ1) is 13.1. The molecule has 0 saturated heterocycles. The van der Waals surface area contributed by atoms with Gasteiger partial charge in [-0.15, -0.1) is 0 Å². The summed E-state index contributed by atoms with van der Waals surface area (Å²) in [5, 5.41) is 7.74. The Balaban J connectivity index is 0. The van der Waals surface area contributed by atoms with Crippen molar-refractivity contribution in [2.45, 2.75) is 67.9 Å². The predicted molar refractivity (Wildman–Crippen MR) is 120 cm³/mol. The number of rotatable bonds is 11. The Labute approximate surface area is 167 Å². The van der Waals surface area contributed by atoms with E-state index in [4.69, 9.17) is 4.74 Å². The van der Waals surface area contributed by atoms with Crippen LogP contribution in [0.3, 0.4) is 0 Å². The van der Waals surface area contributed by atoms with Gasteiger partial charge in [0, 0.05) is 30.6 Å². The molecule has 0 aliphatic carbocycles. The summed E-state index contributed by atoms with van der Waals surface area (Å²) < 4.78 is 5.48. The fourth-order valence-corrected chi connectivity index (χ4v) is 2.17. The Morgan fingerprint density at radius 1 is 1.22 bits per heavy atom. The fourth-order valence-electron chi connectivity index (χ4n) is 2.17. The van der Waals surface area contributed by atoms with Crippen molar-refractivity contribution in [1.82, 2.24) is 15.7 Å². The Hall–Kier alpha value is -1.72. The lowest BCUT2D eigenvalue weighted by Crippen LogP contribution is -2.21. The molecule has 0 aliphatic heterocycles. The van der Waals surface area contributed by atoms with Crippen molar-refractivity contribution in [3.63, 3.8) is 0 Å². The summed E-state index contributed by atoms with van der Waals surface area (Å²) in [4.78, 5) is 4.27. The standard InChI is InChI=1S/C18H30N4O.2C2H6/c1-5-23-15(2)10-14-19-11-6-7-13-21-22-17(4)18-9-8-12-20-16(18)3;2*1-2/h6-9,12,15,19,21H,5,10-11,13-14H2,1-4H3;2*1-2H3/b7-6-,22-17+;;. The summed E-state index contributed by atoms with van der Waals surface area (Å²) in [5.74, 6) is 0. The van der Waals surface area contributed by atoms with Gasteiger partial charge < -0.3 is 15.5 Å². The molecule has 0 radical (unpaired) electrons. The summed E-state index contributed by atoms with van der Waals surface area (Å²) in [6.45, 7) is 19.4. The average molecular weight is 379 g/mol. The second-order valence-electron chi connectivity index (χ2n) is 5.43. The topological polar surface area (TPSA) is 58.5 Å². The molecule has 0 amide bonds. The third-order valence-corrected chi connectivity index (χ3v) is 3.46. The van der Waals surface area contributed by atoms with E-state index in [9.17, 15) is 0 Å². The van der Waals surface area contributed by atoms with Crippen LogP contribution < -0.4 is 10.7 Å². The van der Waals surface area contributed by atoms with Gasteiger partial charge in [-0.25, -0.2) is 0 Å². The number of hydrogen-bond donors (Lipinski definition) is 2. The molecule has 1 atom stereocenters. The minimum atomic E-state index is 0.325. The van der Waals surface area contributed by atoms with Crippen LogP contribution in [0.4, 0.5) is 0 Å². The molecule has 2 N–H and O–H groups in total. The van der Waals surface area contributed by atoms with Gasteiger partial charge in [0.05, 0.1) is 18.4 Å². The Morgan fingerprint density at radius 2 is 1.89 bits per heavy atom. The first-order valence-electron chi connectivity index (χ1n) is 10.3. The Bertz CT molecular complexity index is 501. The molecule has 1 rings (SSSR count). The maximum atomic E-state index is 5.48. The minimum absolute atomic E-state index is 0.325. The maximum absolute atomic E-state index is 5.48. The van der Waals surface area contributed by atoms with Crippen LogP contribution in [0.15, 0.2) is 35.6 Å². The summed E-state index contributed by atoms with van der Waals surface area (Å²) in [7, 11) is 0. The zero-order valence-electron chi connectivity index (χ0n) is 18.8. The van der Waals surface area contributed by atoms with Crippen molar-refractivity contribution in [1.29, 1.82) is 0 Å². The highest BCUT2D eigenvalue weighted by atomic mass is 16.5. The molecule has 1 aromatic heterocycles. The largest absolute Gasteiger partial charge is 0.379 e. The van der Waals surface area contributed by atoms with Crippen LogP contribution in [-0.2, 0) is 4.74 Å². The number of ether oxygens (including phenoxy) is 1. The molecule has 0 bridgehead atoms. The smallest absolute Gasteiger partial charge is 0.0662 e. The lowest BCUT2D eigenvalue weighted by atomic mass is 10.1. The molecule has 0 aliphatic rings. The Morgan fingerprint density at radius 3 is 2.52 bits per heavy atom. The number of nitrogens with one attached hydrogen (secondary N) is 2. The normalized spacial score (nSPS) is 11.9. The number of aromatic nitrogens is 1. The van der Waals surface area contributed by atoms with Crippen molar-refractivity contribution < 1.29 is 4.74 Å². The van der Waals surface area contributed by atoms with Crippen molar-refractivity contribution in [2.24, 2.45) is 5.10 Å². The van der Waals surface area contributed by atoms with Crippen molar-refractivity contribution in [2.75, 3.05) is 26.2 Å². The van der Waals surface area contributed by atoms with Crippen LogP contribution in [0.2, 0.25) is 0 Å². The zero-order valence-corrected chi connectivity index (χ0v) is 18.8. The van der Waals surface area contributed by atoms with Crippen LogP contribution in [0.1, 0.15) is 66.1 Å². The second kappa shape index (κ2) is 20.6. The molecule has 0 spiro atoms. The molecule has 1 unspecified atom stereocenters. The van der Waals surface area contributed by atoms with Crippen LogP contribution in [0.5, 0.6) is 0 Å². The third kappa shape index (κ3) is 15.1. The summed E-state index contributed by atoms with van der Waals surface area (Å²) in [6, 6.07) is 3.96. The molecular formula is C22H42N4O. The molecule has 27 heavy (non-hydrogen) atoms. The van der Waals surface area contributed by atoms with E-state index in [1.807, 2.05) is 60.6 Å².